The molecule has 1 atom stereocenters. The third kappa shape index (κ3) is 5.06. The van der Waals surface area contributed by atoms with E-state index in [0.29, 0.717) is 35.9 Å². The molecule has 46 heavy (non-hydrogen) atoms. The molecule has 0 bridgehead atoms. The minimum atomic E-state index is -4.67. The van der Waals surface area contributed by atoms with Crippen LogP contribution < -0.4 is 13.8 Å². The van der Waals surface area contributed by atoms with E-state index in [-0.39, 0.29) is 50.2 Å². The van der Waals surface area contributed by atoms with Crippen LogP contribution in [0.25, 0.3) is 10.9 Å². The number of anilines is 1. The lowest BCUT2D eigenvalue weighted by atomic mass is 9.88. The molecule has 0 N–H and O–H groups in total. The molecule has 4 heterocycles. The van der Waals surface area contributed by atoms with Crippen molar-refractivity contribution in [2.45, 2.75) is 30.4 Å². The average Bonchev–Trinajstić information content (AvgIpc) is 3.31. The number of pyridine rings is 1. The second-order valence-electron chi connectivity index (χ2n) is 11.0. The number of hydrogen-bond donors (Lipinski definition) is 0. The molecule has 1 fully saturated rings. The Morgan fingerprint density at radius 3 is 2.41 bits per heavy atom. The lowest BCUT2D eigenvalue weighted by Gasteiger charge is -2.38. The van der Waals surface area contributed by atoms with E-state index in [4.69, 9.17) is 25.8 Å². The van der Waals surface area contributed by atoms with Gasteiger partial charge in [-0.3, -0.25) is 14.7 Å². The predicted octanol–water partition coefficient (Wildman–Crippen LogP) is 3.84. The molecule has 4 aromatic rings. The van der Waals surface area contributed by atoms with E-state index in [1.165, 1.54) is 55.8 Å². The zero-order chi connectivity index (χ0) is 32.8. The number of piperazine rings is 1. The van der Waals surface area contributed by atoms with Gasteiger partial charge in [-0.25, -0.2) is 18.2 Å². The number of sulfonamides is 1. The minimum absolute atomic E-state index is 0.0111. The Morgan fingerprint density at radius 2 is 1.72 bits per heavy atom. The van der Waals surface area contributed by atoms with E-state index in [1.807, 2.05) is 0 Å². The normalized spacial score (nSPS) is 18.6. The summed E-state index contributed by atoms with van der Waals surface area (Å²) in [6.45, 7) is 5.95. The van der Waals surface area contributed by atoms with Crippen molar-refractivity contribution in [1.82, 2.24) is 24.8 Å². The van der Waals surface area contributed by atoms with Gasteiger partial charge in [0.25, 0.3) is 21.5 Å². The van der Waals surface area contributed by atoms with Crippen LogP contribution in [0, 0.1) is 0 Å². The van der Waals surface area contributed by atoms with Gasteiger partial charge in [-0.1, -0.05) is 29.8 Å². The number of methoxy groups -OCH3 is 2. The topological polar surface area (TPSA) is 144 Å². The molecule has 2 amide bonds. The molecule has 1 saturated heterocycles. The molecule has 15 heteroatoms. The zero-order valence-corrected chi connectivity index (χ0v) is 27.1. The SMILES string of the molecule is COc1ncc(C2(OC(=O)N3CCN(C(C)C)CC3)C(=O)N(S(=O)(=O)c3cccc4cccnc34)c3ccc(Cl)cc32)c(OC)n1. The summed E-state index contributed by atoms with van der Waals surface area (Å²) in [4.78, 5) is 45.1. The molecule has 1 unspecified atom stereocenters. The van der Waals surface area contributed by atoms with Crippen molar-refractivity contribution in [3.8, 4) is 11.9 Å². The summed E-state index contributed by atoms with van der Waals surface area (Å²) in [5.41, 5.74) is -2.46. The van der Waals surface area contributed by atoms with Gasteiger partial charge in [-0.05, 0) is 44.2 Å². The van der Waals surface area contributed by atoms with Gasteiger partial charge >= 0.3 is 12.1 Å². The quantitative estimate of drug-likeness (QED) is 0.284. The van der Waals surface area contributed by atoms with Crippen molar-refractivity contribution in [3.05, 3.63) is 77.1 Å². The number of hydrogen-bond acceptors (Lipinski definition) is 11. The van der Waals surface area contributed by atoms with Crippen molar-refractivity contribution in [2.24, 2.45) is 0 Å². The van der Waals surface area contributed by atoms with Crippen molar-refractivity contribution in [1.29, 1.82) is 0 Å². The van der Waals surface area contributed by atoms with Crippen LogP contribution >= 0.6 is 11.6 Å². The Morgan fingerprint density at radius 1 is 0.978 bits per heavy atom. The highest BCUT2D eigenvalue weighted by atomic mass is 35.5. The summed E-state index contributed by atoms with van der Waals surface area (Å²) >= 11 is 6.47. The molecule has 2 aliphatic heterocycles. The van der Waals surface area contributed by atoms with Gasteiger partial charge in [0, 0.05) is 60.6 Å². The Hall–Kier alpha value is -4.53. The number of nitrogens with zero attached hydrogens (tertiary/aromatic N) is 6. The second-order valence-corrected chi connectivity index (χ2v) is 13.2. The molecule has 13 nitrogen and oxygen atoms in total. The van der Waals surface area contributed by atoms with E-state index >= 15 is 0 Å². The monoisotopic (exact) mass is 666 g/mol. The Balaban J connectivity index is 1.56. The summed E-state index contributed by atoms with van der Waals surface area (Å²) in [5.74, 6) is -1.28. The van der Waals surface area contributed by atoms with Gasteiger partial charge in [0.05, 0.1) is 31.0 Å². The van der Waals surface area contributed by atoms with Gasteiger partial charge in [0.1, 0.15) is 4.90 Å². The lowest BCUT2D eigenvalue weighted by Crippen LogP contribution is -2.54. The number of aromatic nitrogens is 3. The molecule has 0 saturated carbocycles. The maximum atomic E-state index is 15.0. The average molecular weight is 667 g/mol. The van der Waals surface area contributed by atoms with Gasteiger partial charge in [-0.15, -0.1) is 0 Å². The van der Waals surface area contributed by atoms with Crippen molar-refractivity contribution >= 4 is 50.2 Å². The number of carbonyl (C=O) groups excluding carboxylic acids is 2. The highest BCUT2D eigenvalue weighted by molar-refractivity contribution is 7.93. The van der Waals surface area contributed by atoms with Crippen molar-refractivity contribution in [2.75, 3.05) is 44.7 Å². The van der Waals surface area contributed by atoms with E-state index in [1.54, 1.807) is 24.3 Å². The van der Waals surface area contributed by atoms with Crippen LogP contribution in [0.1, 0.15) is 25.0 Å². The summed E-state index contributed by atoms with van der Waals surface area (Å²) in [6, 6.07) is 12.4. The number of rotatable bonds is 7. The van der Waals surface area contributed by atoms with E-state index < -0.39 is 27.6 Å². The molecule has 0 radical (unpaired) electrons. The number of carbonyl (C=O) groups is 2. The summed E-state index contributed by atoms with van der Waals surface area (Å²) < 4.78 is 46.7. The van der Waals surface area contributed by atoms with E-state index in [9.17, 15) is 18.0 Å². The zero-order valence-electron chi connectivity index (χ0n) is 25.5. The second kappa shape index (κ2) is 12.0. The number of ether oxygens (including phenoxy) is 3. The first-order chi connectivity index (χ1) is 22.0. The predicted molar refractivity (Wildman–Crippen MR) is 169 cm³/mol. The van der Waals surface area contributed by atoms with E-state index in [0.717, 1.165) is 0 Å². The number of benzene rings is 2. The number of para-hydroxylation sites is 1. The molecular weight excluding hydrogens is 636 g/mol. The molecule has 240 valence electrons. The third-order valence-corrected chi connectivity index (χ3v) is 10.1. The summed E-state index contributed by atoms with van der Waals surface area (Å²) in [7, 11) is -2.01. The smallest absolute Gasteiger partial charge is 0.411 e. The number of halogens is 1. The van der Waals surface area contributed by atoms with Crippen LogP contribution in [-0.4, -0.2) is 91.6 Å². The van der Waals surface area contributed by atoms with Crippen LogP contribution in [-0.2, 0) is 25.2 Å². The Kier molecular flexibility index (Phi) is 8.21. The van der Waals surface area contributed by atoms with E-state index in [2.05, 4.69) is 33.7 Å². The van der Waals surface area contributed by atoms with Gasteiger partial charge in [0.2, 0.25) is 5.88 Å². The first kappa shape index (κ1) is 31.5. The van der Waals surface area contributed by atoms with Crippen LogP contribution in [0.5, 0.6) is 11.9 Å². The van der Waals surface area contributed by atoms with Crippen LogP contribution in [0.2, 0.25) is 5.02 Å². The fourth-order valence-electron chi connectivity index (χ4n) is 5.83. The first-order valence-electron chi connectivity index (χ1n) is 14.4. The fraction of sp³-hybridized carbons (Fsp3) is 0.323. The van der Waals surface area contributed by atoms with Crippen LogP contribution in [0.3, 0.4) is 0 Å². The summed E-state index contributed by atoms with van der Waals surface area (Å²) in [6.07, 6.45) is 1.84. The minimum Gasteiger partial charge on any atom is -0.481 e. The third-order valence-electron chi connectivity index (χ3n) is 8.19. The standard InChI is InChI=1S/C31H31ClN6O7S/c1-19(2)36-13-15-37(16-14-36)30(40)45-31(23-18-34-29(44-4)35-27(23)43-3)22-17-21(32)10-11-24(22)38(28(31)39)46(41,42)25-9-5-7-20-8-6-12-33-26(20)25/h5-12,17-19H,13-16H2,1-4H3. The highest BCUT2D eigenvalue weighted by Gasteiger charge is 2.61. The summed E-state index contributed by atoms with van der Waals surface area (Å²) in [5, 5.41) is 0.715. The maximum absolute atomic E-state index is 15.0. The molecule has 2 aromatic heterocycles. The molecular formula is C31H31ClN6O7S. The number of fused-ring (bicyclic) bond motifs is 2. The molecule has 2 aromatic carbocycles. The van der Waals surface area contributed by atoms with Crippen molar-refractivity contribution < 1.29 is 32.2 Å². The maximum Gasteiger partial charge on any atom is 0.411 e. The fourth-order valence-corrected chi connectivity index (χ4v) is 7.63. The van der Waals surface area contributed by atoms with Gasteiger partial charge in [0.15, 0.2) is 0 Å². The number of amides is 2. The van der Waals surface area contributed by atoms with Crippen molar-refractivity contribution in [3.63, 3.8) is 0 Å². The Labute approximate surface area is 270 Å². The van der Waals surface area contributed by atoms with Gasteiger partial charge in [-0.2, -0.15) is 9.29 Å². The molecule has 0 aliphatic carbocycles. The molecule has 0 spiro atoms. The largest absolute Gasteiger partial charge is 0.481 e. The lowest BCUT2D eigenvalue weighted by molar-refractivity contribution is -0.132. The molecule has 2 aliphatic rings. The van der Waals surface area contributed by atoms with Crippen LogP contribution in [0.15, 0.2) is 65.8 Å². The Bertz CT molecular complexity index is 1950. The van der Waals surface area contributed by atoms with Gasteiger partial charge < -0.3 is 19.1 Å². The first-order valence-corrected chi connectivity index (χ1v) is 16.3. The molecule has 6 rings (SSSR count). The van der Waals surface area contributed by atoms with Crippen LogP contribution in [0.4, 0.5) is 10.5 Å². The highest BCUT2D eigenvalue weighted by Crippen LogP contribution is 2.52.